The zero-order valence-electron chi connectivity index (χ0n) is 13.4. The maximum Gasteiger partial charge on any atom is 0.133 e. The van der Waals surface area contributed by atoms with Gasteiger partial charge in [-0.15, -0.1) is 5.10 Å². The van der Waals surface area contributed by atoms with E-state index in [-0.39, 0.29) is 0 Å². The largest absolute Gasteiger partial charge is 0.361 e. The van der Waals surface area contributed by atoms with Crippen LogP contribution >= 0.6 is 0 Å². The molecule has 0 aliphatic carbocycles. The van der Waals surface area contributed by atoms with Crippen LogP contribution in [0.25, 0.3) is 0 Å². The number of rotatable bonds is 4. The van der Waals surface area contributed by atoms with Crippen LogP contribution in [0.3, 0.4) is 0 Å². The lowest BCUT2D eigenvalue weighted by molar-refractivity contribution is 0.387. The lowest BCUT2D eigenvalue weighted by Gasteiger charge is -2.01. The van der Waals surface area contributed by atoms with Crippen molar-refractivity contribution in [1.82, 2.24) is 20.2 Å². The van der Waals surface area contributed by atoms with E-state index in [9.17, 15) is 0 Å². The summed E-state index contributed by atoms with van der Waals surface area (Å²) in [6.45, 7) is 13.5. The molecule has 0 aliphatic rings. The number of aryl methyl sites for hydroxylation is 2. The van der Waals surface area contributed by atoms with Crippen LogP contribution in [0.1, 0.15) is 44.8 Å². The Balaban J connectivity index is 0.000000200. The van der Waals surface area contributed by atoms with Gasteiger partial charge in [0.05, 0.1) is 11.4 Å². The molecule has 0 N–H and O–H groups in total. The van der Waals surface area contributed by atoms with Gasteiger partial charge in [0.25, 0.3) is 0 Å². The molecular weight excluding hydrogens is 252 g/mol. The summed E-state index contributed by atoms with van der Waals surface area (Å²) in [5.74, 6) is 2.20. The van der Waals surface area contributed by atoms with Crippen LogP contribution in [0, 0.1) is 25.7 Å². The summed E-state index contributed by atoms with van der Waals surface area (Å²) in [5.41, 5.74) is 2.05. The van der Waals surface area contributed by atoms with Crippen molar-refractivity contribution in [1.29, 1.82) is 0 Å². The molecule has 0 unspecified atom stereocenters. The Morgan fingerprint density at radius 3 is 2.25 bits per heavy atom. The second-order valence-electron chi connectivity index (χ2n) is 6.00. The van der Waals surface area contributed by atoms with Gasteiger partial charge in [0.1, 0.15) is 5.76 Å². The molecule has 0 saturated carbocycles. The van der Waals surface area contributed by atoms with Crippen molar-refractivity contribution >= 4 is 0 Å². The van der Waals surface area contributed by atoms with E-state index in [0.717, 1.165) is 30.1 Å². The highest BCUT2D eigenvalue weighted by molar-refractivity contribution is 5.03. The molecule has 5 heteroatoms. The Morgan fingerprint density at radius 2 is 1.85 bits per heavy atom. The van der Waals surface area contributed by atoms with Crippen LogP contribution in [0.15, 0.2) is 16.8 Å². The van der Waals surface area contributed by atoms with Gasteiger partial charge in [-0.1, -0.05) is 38.1 Å². The minimum Gasteiger partial charge on any atom is -0.361 e. The standard InChI is InChI=1S/C8H13NO.C7H13N3/c1-6(2)4-8-5-7(3)10-9-8;1-6(2)4-10-5-7(3)8-9-10/h2*5-6H,4H2,1-3H3. The van der Waals surface area contributed by atoms with Crippen molar-refractivity contribution in [3.05, 3.63) is 29.4 Å². The van der Waals surface area contributed by atoms with Crippen LogP contribution in [0.4, 0.5) is 0 Å². The fourth-order valence-corrected chi connectivity index (χ4v) is 1.79. The summed E-state index contributed by atoms with van der Waals surface area (Å²) < 4.78 is 6.79. The molecule has 0 atom stereocenters. The zero-order chi connectivity index (χ0) is 15.1. The molecule has 0 spiro atoms. The van der Waals surface area contributed by atoms with E-state index in [0.29, 0.717) is 11.8 Å². The monoisotopic (exact) mass is 278 g/mol. The maximum absolute atomic E-state index is 4.92. The van der Waals surface area contributed by atoms with Gasteiger partial charge in [0, 0.05) is 18.8 Å². The predicted molar refractivity (Wildman–Crippen MR) is 79.4 cm³/mol. The average molecular weight is 278 g/mol. The molecule has 0 amide bonds. The van der Waals surface area contributed by atoms with Crippen molar-refractivity contribution in [2.75, 3.05) is 0 Å². The third-order valence-electron chi connectivity index (χ3n) is 2.50. The third kappa shape index (κ3) is 6.50. The van der Waals surface area contributed by atoms with Crippen LogP contribution in [-0.2, 0) is 13.0 Å². The maximum atomic E-state index is 4.92. The van der Waals surface area contributed by atoms with Crippen LogP contribution in [0.5, 0.6) is 0 Å². The van der Waals surface area contributed by atoms with E-state index < -0.39 is 0 Å². The fourth-order valence-electron chi connectivity index (χ4n) is 1.79. The molecule has 5 nitrogen and oxygen atoms in total. The molecule has 2 rings (SSSR count). The van der Waals surface area contributed by atoms with E-state index >= 15 is 0 Å². The molecule has 0 radical (unpaired) electrons. The number of aromatic nitrogens is 4. The fraction of sp³-hybridized carbons (Fsp3) is 0.667. The van der Waals surface area contributed by atoms with E-state index in [1.807, 2.05) is 30.8 Å². The van der Waals surface area contributed by atoms with Crippen LogP contribution in [-0.4, -0.2) is 20.2 Å². The first-order valence-corrected chi connectivity index (χ1v) is 7.15. The molecule has 0 saturated heterocycles. The van der Waals surface area contributed by atoms with Gasteiger partial charge in [-0.3, -0.25) is 4.68 Å². The minimum absolute atomic E-state index is 0.640. The summed E-state index contributed by atoms with van der Waals surface area (Å²) in [6.07, 6.45) is 2.97. The third-order valence-corrected chi connectivity index (χ3v) is 2.50. The average Bonchev–Trinajstić information content (AvgIpc) is 2.87. The molecule has 20 heavy (non-hydrogen) atoms. The zero-order valence-corrected chi connectivity index (χ0v) is 13.4. The molecule has 0 bridgehead atoms. The van der Waals surface area contributed by atoms with E-state index in [1.165, 1.54) is 0 Å². The summed E-state index contributed by atoms with van der Waals surface area (Å²) in [4.78, 5) is 0. The van der Waals surface area contributed by atoms with Crippen molar-refractivity contribution < 1.29 is 4.52 Å². The lowest BCUT2D eigenvalue weighted by atomic mass is 10.1. The van der Waals surface area contributed by atoms with E-state index in [4.69, 9.17) is 4.52 Å². The normalized spacial score (nSPS) is 10.8. The highest BCUT2D eigenvalue weighted by atomic mass is 16.5. The smallest absolute Gasteiger partial charge is 0.133 e. The van der Waals surface area contributed by atoms with Gasteiger partial charge < -0.3 is 4.52 Å². The number of hydrogen-bond acceptors (Lipinski definition) is 4. The van der Waals surface area contributed by atoms with E-state index in [1.54, 1.807) is 0 Å². The van der Waals surface area contributed by atoms with E-state index in [2.05, 4.69) is 43.2 Å². The molecule has 2 heterocycles. The first kappa shape index (κ1) is 16.4. The molecule has 0 aromatic carbocycles. The summed E-state index contributed by atoms with van der Waals surface area (Å²) >= 11 is 0. The SMILES string of the molecule is Cc1cc(CC(C)C)no1.Cc1cn(CC(C)C)nn1. The van der Waals surface area contributed by atoms with Crippen molar-refractivity contribution in [3.8, 4) is 0 Å². The van der Waals surface area contributed by atoms with Crippen LogP contribution < -0.4 is 0 Å². The lowest BCUT2D eigenvalue weighted by Crippen LogP contribution is -2.04. The Kier molecular flexibility index (Phi) is 6.42. The van der Waals surface area contributed by atoms with Crippen LogP contribution in [0.2, 0.25) is 0 Å². The summed E-state index contributed by atoms with van der Waals surface area (Å²) in [7, 11) is 0. The van der Waals surface area contributed by atoms with Crippen molar-refractivity contribution in [3.63, 3.8) is 0 Å². The Morgan fingerprint density at radius 1 is 1.15 bits per heavy atom. The van der Waals surface area contributed by atoms with Gasteiger partial charge in [0.15, 0.2) is 0 Å². The topological polar surface area (TPSA) is 56.7 Å². The first-order chi connectivity index (χ1) is 9.36. The van der Waals surface area contributed by atoms with Crippen molar-refractivity contribution in [2.24, 2.45) is 11.8 Å². The molecular formula is C15H26N4O. The Hall–Kier alpha value is -1.65. The second-order valence-corrected chi connectivity index (χ2v) is 6.00. The van der Waals surface area contributed by atoms with Gasteiger partial charge in [-0.2, -0.15) is 0 Å². The first-order valence-electron chi connectivity index (χ1n) is 7.15. The predicted octanol–water partition coefficient (Wildman–Crippen LogP) is 3.42. The second kappa shape index (κ2) is 7.82. The molecule has 0 aliphatic heterocycles. The quantitative estimate of drug-likeness (QED) is 0.859. The van der Waals surface area contributed by atoms with Gasteiger partial charge >= 0.3 is 0 Å². The Labute approximate surface area is 121 Å². The molecule has 0 fully saturated rings. The molecule has 2 aromatic rings. The Bertz CT molecular complexity index is 453. The van der Waals surface area contributed by atoms with Gasteiger partial charge in [-0.05, 0) is 32.1 Å². The molecule has 2 aromatic heterocycles. The number of nitrogens with zero attached hydrogens (tertiary/aromatic N) is 4. The minimum atomic E-state index is 0.640. The number of hydrogen-bond donors (Lipinski definition) is 0. The van der Waals surface area contributed by atoms with Crippen molar-refractivity contribution in [2.45, 2.75) is 54.5 Å². The highest BCUT2D eigenvalue weighted by Gasteiger charge is 2.01. The molecule has 112 valence electrons. The highest BCUT2D eigenvalue weighted by Crippen LogP contribution is 2.07. The summed E-state index contributed by atoms with van der Waals surface area (Å²) in [6, 6.07) is 1.99. The summed E-state index contributed by atoms with van der Waals surface area (Å²) in [5, 5.41) is 11.7. The van der Waals surface area contributed by atoms with Gasteiger partial charge in [0.2, 0.25) is 0 Å². The van der Waals surface area contributed by atoms with Gasteiger partial charge in [-0.25, -0.2) is 0 Å².